The second-order valence-electron chi connectivity index (χ2n) is 4.65. The summed E-state index contributed by atoms with van der Waals surface area (Å²) in [5, 5.41) is 9.97. The number of anilines is 1. The molecule has 0 amide bonds. The van der Waals surface area contributed by atoms with Gasteiger partial charge in [-0.25, -0.2) is 0 Å². The second kappa shape index (κ2) is 5.19. The summed E-state index contributed by atoms with van der Waals surface area (Å²) >= 11 is 1.99. The van der Waals surface area contributed by atoms with Crippen molar-refractivity contribution >= 4 is 17.4 Å². The van der Waals surface area contributed by atoms with Gasteiger partial charge >= 0.3 is 0 Å². The number of benzene rings is 1. The fourth-order valence-electron chi connectivity index (χ4n) is 2.21. The molecule has 2 unspecified atom stereocenters. The average Bonchev–Trinajstić information content (AvgIpc) is 2.29. The van der Waals surface area contributed by atoms with E-state index in [4.69, 9.17) is 5.73 Å². The number of rotatable bonds is 2. The Bertz CT molecular complexity index is 395. The summed E-state index contributed by atoms with van der Waals surface area (Å²) in [6.45, 7) is 5.15. The number of nitrogens with two attached hydrogens (primary N) is 1. The van der Waals surface area contributed by atoms with Crippen LogP contribution in [-0.4, -0.2) is 29.2 Å². The Morgan fingerprint density at radius 3 is 2.88 bits per heavy atom. The molecule has 0 bridgehead atoms. The van der Waals surface area contributed by atoms with E-state index in [1.54, 1.807) is 0 Å². The van der Waals surface area contributed by atoms with E-state index in [0.717, 1.165) is 29.3 Å². The van der Waals surface area contributed by atoms with Gasteiger partial charge in [-0.3, -0.25) is 0 Å². The van der Waals surface area contributed by atoms with Gasteiger partial charge in [0.2, 0.25) is 0 Å². The van der Waals surface area contributed by atoms with Crippen LogP contribution in [0, 0.1) is 0 Å². The number of phenols is 1. The first-order valence-electron chi connectivity index (χ1n) is 6.02. The average molecular weight is 252 g/mol. The molecule has 3 N–H and O–H groups in total. The second-order valence-corrected chi connectivity index (χ2v) is 5.80. The predicted octanol–water partition coefficient (Wildman–Crippen LogP) is 2.35. The van der Waals surface area contributed by atoms with Crippen molar-refractivity contribution in [3.05, 3.63) is 23.8 Å². The Labute approximate surface area is 107 Å². The summed E-state index contributed by atoms with van der Waals surface area (Å²) in [4.78, 5) is 2.35. The minimum atomic E-state index is -0.126. The number of thioether (sulfide) groups is 1. The Balaban J connectivity index is 2.24. The van der Waals surface area contributed by atoms with Crippen molar-refractivity contribution in [1.82, 2.24) is 0 Å². The highest BCUT2D eigenvalue weighted by atomic mass is 32.2. The number of hydrogen-bond donors (Lipinski definition) is 2. The number of hydrogen-bond acceptors (Lipinski definition) is 4. The molecule has 2 rings (SSSR count). The van der Waals surface area contributed by atoms with E-state index in [2.05, 4.69) is 17.9 Å². The Kier molecular flexibility index (Phi) is 3.84. The van der Waals surface area contributed by atoms with Gasteiger partial charge in [-0.15, -0.1) is 0 Å². The summed E-state index contributed by atoms with van der Waals surface area (Å²) in [6.07, 6.45) is 0. The van der Waals surface area contributed by atoms with Crippen molar-refractivity contribution in [3.8, 4) is 5.75 Å². The van der Waals surface area contributed by atoms with Crippen molar-refractivity contribution in [3.63, 3.8) is 0 Å². The van der Waals surface area contributed by atoms with Gasteiger partial charge < -0.3 is 15.7 Å². The van der Waals surface area contributed by atoms with E-state index in [1.165, 1.54) is 0 Å². The molecule has 1 fully saturated rings. The van der Waals surface area contributed by atoms with Crippen LogP contribution >= 0.6 is 11.8 Å². The van der Waals surface area contributed by atoms with Crippen LogP contribution in [0.2, 0.25) is 0 Å². The molecule has 1 heterocycles. The van der Waals surface area contributed by atoms with E-state index in [1.807, 2.05) is 30.8 Å². The number of phenolic OH excluding ortho intramolecular Hbond substituents is 1. The van der Waals surface area contributed by atoms with Gasteiger partial charge in [0.05, 0.1) is 0 Å². The van der Waals surface area contributed by atoms with Gasteiger partial charge in [-0.2, -0.15) is 11.8 Å². The van der Waals surface area contributed by atoms with Crippen LogP contribution in [-0.2, 0) is 0 Å². The van der Waals surface area contributed by atoms with Gasteiger partial charge in [0.15, 0.2) is 0 Å². The Morgan fingerprint density at radius 2 is 2.29 bits per heavy atom. The lowest BCUT2D eigenvalue weighted by molar-refractivity contribution is 0.463. The van der Waals surface area contributed by atoms with Crippen molar-refractivity contribution < 1.29 is 5.11 Å². The lowest BCUT2D eigenvalue weighted by atomic mass is 10.1. The van der Waals surface area contributed by atoms with Crippen LogP contribution in [0.15, 0.2) is 18.2 Å². The minimum Gasteiger partial charge on any atom is -0.508 e. The highest BCUT2D eigenvalue weighted by Crippen LogP contribution is 2.30. The van der Waals surface area contributed by atoms with Crippen LogP contribution < -0.4 is 10.6 Å². The molecule has 94 valence electrons. The third-order valence-electron chi connectivity index (χ3n) is 3.20. The fourth-order valence-corrected chi connectivity index (χ4v) is 3.22. The summed E-state index contributed by atoms with van der Waals surface area (Å²) in [6, 6.07) is 6.23. The zero-order valence-electron chi connectivity index (χ0n) is 10.4. The van der Waals surface area contributed by atoms with Gasteiger partial charge in [-0.05, 0) is 19.9 Å². The molecule has 1 aromatic rings. The molecule has 17 heavy (non-hydrogen) atoms. The van der Waals surface area contributed by atoms with Crippen LogP contribution in [0.4, 0.5) is 5.69 Å². The van der Waals surface area contributed by atoms with E-state index in [9.17, 15) is 5.11 Å². The molecular formula is C13H20N2OS. The highest BCUT2D eigenvalue weighted by molar-refractivity contribution is 7.99. The maximum absolute atomic E-state index is 9.97. The summed E-state index contributed by atoms with van der Waals surface area (Å²) in [5.41, 5.74) is 7.70. The Morgan fingerprint density at radius 1 is 1.53 bits per heavy atom. The van der Waals surface area contributed by atoms with E-state index >= 15 is 0 Å². The van der Waals surface area contributed by atoms with Crippen LogP contribution in [0.1, 0.15) is 25.5 Å². The first-order chi connectivity index (χ1) is 8.09. The molecule has 0 saturated carbocycles. The molecule has 2 atom stereocenters. The molecule has 0 spiro atoms. The topological polar surface area (TPSA) is 49.5 Å². The molecule has 0 aromatic heterocycles. The molecule has 3 nitrogen and oxygen atoms in total. The van der Waals surface area contributed by atoms with Gasteiger partial charge in [0.25, 0.3) is 0 Å². The summed E-state index contributed by atoms with van der Waals surface area (Å²) in [5.74, 6) is 2.61. The smallest absolute Gasteiger partial charge is 0.122 e. The third-order valence-corrected chi connectivity index (χ3v) is 4.39. The zero-order valence-corrected chi connectivity index (χ0v) is 11.2. The first-order valence-corrected chi connectivity index (χ1v) is 7.18. The molecule has 4 heteroatoms. The maximum atomic E-state index is 9.97. The molecule has 1 aliphatic heterocycles. The van der Waals surface area contributed by atoms with Crippen molar-refractivity contribution in [2.24, 2.45) is 5.73 Å². The predicted molar refractivity (Wildman–Crippen MR) is 74.8 cm³/mol. The standard InChI is InChI=1S/C13H20N2OS/c1-9-8-17-6-5-15(9)11-3-4-12(10(2)14)13(16)7-11/h3-4,7,9-10,16H,5-6,8,14H2,1-2H3. The SMILES string of the molecule is CC(N)c1ccc(N2CCSCC2C)cc1O. The van der Waals surface area contributed by atoms with Gasteiger partial charge in [0.1, 0.15) is 5.75 Å². The van der Waals surface area contributed by atoms with E-state index in [-0.39, 0.29) is 6.04 Å². The lowest BCUT2D eigenvalue weighted by Crippen LogP contribution is -2.40. The number of nitrogens with zero attached hydrogens (tertiary/aromatic N) is 1. The largest absolute Gasteiger partial charge is 0.508 e. The van der Waals surface area contributed by atoms with Gasteiger partial charge in [0, 0.05) is 47.5 Å². The van der Waals surface area contributed by atoms with Crippen molar-refractivity contribution in [2.75, 3.05) is 23.0 Å². The molecular weight excluding hydrogens is 232 g/mol. The third kappa shape index (κ3) is 2.69. The highest BCUT2D eigenvalue weighted by Gasteiger charge is 2.20. The quantitative estimate of drug-likeness (QED) is 0.848. The number of aromatic hydroxyl groups is 1. The first kappa shape index (κ1) is 12.6. The van der Waals surface area contributed by atoms with Crippen molar-refractivity contribution in [1.29, 1.82) is 0 Å². The lowest BCUT2D eigenvalue weighted by Gasteiger charge is -2.35. The van der Waals surface area contributed by atoms with Crippen LogP contribution in [0.25, 0.3) is 0 Å². The molecule has 0 aliphatic carbocycles. The molecule has 1 aliphatic rings. The van der Waals surface area contributed by atoms with E-state index < -0.39 is 0 Å². The normalized spacial score (nSPS) is 22.5. The van der Waals surface area contributed by atoms with Gasteiger partial charge in [-0.1, -0.05) is 6.07 Å². The fraction of sp³-hybridized carbons (Fsp3) is 0.538. The molecule has 1 saturated heterocycles. The summed E-state index contributed by atoms with van der Waals surface area (Å²) in [7, 11) is 0. The van der Waals surface area contributed by atoms with Crippen molar-refractivity contribution in [2.45, 2.75) is 25.9 Å². The summed E-state index contributed by atoms with van der Waals surface area (Å²) < 4.78 is 0. The minimum absolute atomic E-state index is 0.126. The monoisotopic (exact) mass is 252 g/mol. The van der Waals surface area contributed by atoms with Crippen LogP contribution in [0.5, 0.6) is 5.75 Å². The molecule has 0 radical (unpaired) electrons. The zero-order chi connectivity index (χ0) is 12.4. The molecule has 1 aromatic carbocycles. The van der Waals surface area contributed by atoms with Crippen LogP contribution in [0.3, 0.4) is 0 Å². The van der Waals surface area contributed by atoms with E-state index in [0.29, 0.717) is 11.8 Å². The Hall–Kier alpha value is -0.870. The maximum Gasteiger partial charge on any atom is 0.122 e.